The molecule has 0 saturated carbocycles. The second-order valence-corrected chi connectivity index (χ2v) is 3.92. The number of aliphatic hydroxyl groups is 2. The number of aliphatic hydroxyl groups excluding tert-OH is 2. The molecule has 1 aliphatic rings. The second-order valence-electron chi connectivity index (χ2n) is 3.92. The molecule has 0 radical (unpaired) electrons. The van der Waals surface area contributed by atoms with Gasteiger partial charge in [0.15, 0.2) is 6.10 Å². The molecule has 0 aliphatic carbocycles. The van der Waals surface area contributed by atoms with E-state index in [9.17, 15) is 10.2 Å². The van der Waals surface area contributed by atoms with Gasteiger partial charge in [0, 0.05) is 5.56 Å². The summed E-state index contributed by atoms with van der Waals surface area (Å²) in [4.78, 5) is 0. The Morgan fingerprint density at radius 3 is 2.80 bits per heavy atom. The van der Waals surface area contributed by atoms with Crippen LogP contribution in [0, 0.1) is 0 Å². The van der Waals surface area contributed by atoms with Crippen LogP contribution in [0.4, 0.5) is 0 Å². The molecule has 1 aromatic rings. The van der Waals surface area contributed by atoms with E-state index in [-0.39, 0.29) is 0 Å². The molecule has 3 atom stereocenters. The van der Waals surface area contributed by atoms with Crippen molar-refractivity contribution in [2.75, 3.05) is 0 Å². The van der Waals surface area contributed by atoms with Crippen molar-refractivity contribution in [1.82, 2.24) is 0 Å². The molecule has 2 rings (SSSR count). The van der Waals surface area contributed by atoms with E-state index in [2.05, 4.69) is 0 Å². The van der Waals surface area contributed by atoms with Gasteiger partial charge in [-0.2, -0.15) is 0 Å². The van der Waals surface area contributed by atoms with Gasteiger partial charge >= 0.3 is 0 Å². The molecular formula is C12H16O3. The predicted octanol–water partition coefficient (Wildman–Crippen LogP) is 1.64. The van der Waals surface area contributed by atoms with Gasteiger partial charge in [-0.25, -0.2) is 0 Å². The molecule has 3 heteroatoms. The van der Waals surface area contributed by atoms with Gasteiger partial charge in [0.1, 0.15) is 11.9 Å². The fraction of sp³-hybridized carbons (Fsp3) is 0.500. The Morgan fingerprint density at radius 2 is 2.13 bits per heavy atom. The Morgan fingerprint density at radius 1 is 1.40 bits per heavy atom. The van der Waals surface area contributed by atoms with E-state index in [0.29, 0.717) is 12.2 Å². The molecule has 82 valence electrons. The zero-order valence-electron chi connectivity index (χ0n) is 8.76. The molecule has 3 nitrogen and oxygen atoms in total. The number of fused-ring (bicyclic) bond motifs is 1. The van der Waals surface area contributed by atoms with Gasteiger partial charge < -0.3 is 14.9 Å². The number of para-hydroxylation sites is 1. The van der Waals surface area contributed by atoms with Crippen LogP contribution >= 0.6 is 0 Å². The van der Waals surface area contributed by atoms with E-state index < -0.39 is 18.3 Å². The van der Waals surface area contributed by atoms with E-state index in [1.807, 2.05) is 31.2 Å². The van der Waals surface area contributed by atoms with E-state index in [0.717, 1.165) is 12.0 Å². The lowest BCUT2D eigenvalue weighted by atomic mass is 10.0. The van der Waals surface area contributed by atoms with Gasteiger partial charge in [0.2, 0.25) is 0 Å². The Labute approximate surface area is 89.3 Å². The van der Waals surface area contributed by atoms with Gasteiger partial charge in [-0.05, 0) is 12.5 Å². The van der Waals surface area contributed by atoms with Crippen LogP contribution in [0.25, 0.3) is 0 Å². The number of hydrogen-bond acceptors (Lipinski definition) is 3. The first-order chi connectivity index (χ1) is 7.24. The Kier molecular flexibility index (Phi) is 2.93. The molecular weight excluding hydrogens is 192 g/mol. The first-order valence-corrected chi connectivity index (χ1v) is 5.35. The SMILES string of the molecule is CCCC(O)C1Oc2ccccc2C1O. The normalized spacial score (nSPS) is 25.8. The fourth-order valence-corrected chi connectivity index (χ4v) is 1.97. The second kappa shape index (κ2) is 4.21. The van der Waals surface area contributed by atoms with Crippen LogP contribution in [0.1, 0.15) is 31.4 Å². The maximum absolute atomic E-state index is 9.95. The molecule has 3 unspecified atom stereocenters. The van der Waals surface area contributed by atoms with Gasteiger partial charge in [0.25, 0.3) is 0 Å². The first kappa shape index (κ1) is 10.5. The lowest BCUT2D eigenvalue weighted by Crippen LogP contribution is -2.33. The van der Waals surface area contributed by atoms with Crippen molar-refractivity contribution in [3.63, 3.8) is 0 Å². The fourth-order valence-electron chi connectivity index (χ4n) is 1.97. The summed E-state index contributed by atoms with van der Waals surface area (Å²) in [5.41, 5.74) is 0.776. The molecule has 0 fully saturated rings. The van der Waals surface area contributed by atoms with Crippen molar-refractivity contribution in [3.8, 4) is 5.75 Å². The third-order valence-electron chi connectivity index (χ3n) is 2.78. The van der Waals surface area contributed by atoms with Crippen molar-refractivity contribution in [2.24, 2.45) is 0 Å². The molecule has 15 heavy (non-hydrogen) atoms. The third kappa shape index (κ3) is 1.85. The minimum absolute atomic E-state index is 0.512. The van der Waals surface area contributed by atoms with Gasteiger partial charge in [-0.1, -0.05) is 31.5 Å². The highest BCUT2D eigenvalue weighted by Crippen LogP contribution is 2.38. The van der Waals surface area contributed by atoms with E-state index in [1.54, 1.807) is 0 Å². The van der Waals surface area contributed by atoms with Crippen LogP contribution in [-0.2, 0) is 0 Å². The molecule has 1 aliphatic heterocycles. The van der Waals surface area contributed by atoms with Crippen LogP contribution in [0.5, 0.6) is 5.75 Å². The quantitative estimate of drug-likeness (QED) is 0.794. The van der Waals surface area contributed by atoms with Crippen molar-refractivity contribution < 1.29 is 14.9 Å². The molecule has 1 aromatic carbocycles. The molecule has 2 N–H and O–H groups in total. The highest BCUT2D eigenvalue weighted by atomic mass is 16.5. The largest absolute Gasteiger partial charge is 0.484 e. The van der Waals surface area contributed by atoms with Crippen LogP contribution in [0.3, 0.4) is 0 Å². The van der Waals surface area contributed by atoms with Crippen LogP contribution in [0.15, 0.2) is 24.3 Å². The summed E-state index contributed by atoms with van der Waals surface area (Å²) in [5, 5.41) is 19.8. The van der Waals surface area contributed by atoms with Crippen LogP contribution in [-0.4, -0.2) is 22.4 Å². The zero-order valence-corrected chi connectivity index (χ0v) is 8.76. The van der Waals surface area contributed by atoms with E-state index in [4.69, 9.17) is 4.74 Å². The van der Waals surface area contributed by atoms with Crippen molar-refractivity contribution in [2.45, 2.75) is 38.1 Å². The average Bonchev–Trinajstić information content (AvgIpc) is 2.57. The lowest BCUT2D eigenvalue weighted by molar-refractivity contribution is -0.0271. The van der Waals surface area contributed by atoms with Gasteiger partial charge in [-0.3, -0.25) is 0 Å². The van der Waals surface area contributed by atoms with E-state index >= 15 is 0 Å². The standard InChI is InChI=1S/C12H16O3/c1-2-5-9(13)12-11(14)8-6-3-4-7-10(8)15-12/h3-4,6-7,9,11-14H,2,5H2,1H3. The summed E-state index contributed by atoms with van der Waals surface area (Å²) in [6, 6.07) is 7.37. The zero-order chi connectivity index (χ0) is 10.8. The van der Waals surface area contributed by atoms with Gasteiger partial charge in [-0.15, -0.1) is 0 Å². The summed E-state index contributed by atoms with van der Waals surface area (Å²) in [6.07, 6.45) is -0.290. The molecule has 0 spiro atoms. The Bertz CT molecular complexity index is 337. The molecule has 0 saturated heterocycles. The predicted molar refractivity (Wildman–Crippen MR) is 56.7 cm³/mol. The van der Waals surface area contributed by atoms with Crippen molar-refractivity contribution >= 4 is 0 Å². The lowest BCUT2D eigenvalue weighted by Gasteiger charge is -2.20. The van der Waals surface area contributed by atoms with Crippen molar-refractivity contribution in [1.29, 1.82) is 0 Å². The Balaban J connectivity index is 2.16. The van der Waals surface area contributed by atoms with Gasteiger partial charge in [0.05, 0.1) is 6.10 Å². The number of ether oxygens (including phenoxy) is 1. The minimum atomic E-state index is -0.706. The summed E-state index contributed by atoms with van der Waals surface area (Å²) in [6.45, 7) is 2.00. The smallest absolute Gasteiger partial charge is 0.154 e. The van der Waals surface area contributed by atoms with Crippen molar-refractivity contribution in [3.05, 3.63) is 29.8 Å². The Hall–Kier alpha value is -1.06. The molecule has 1 heterocycles. The molecule has 0 bridgehead atoms. The average molecular weight is 208 g/mol. The first-order valence-electron chi connectivity index (χ1n) is 5.35. The number of benzene rings is 1. The third-order valence-corrected chi connectivity index (χ3v) is 2.78. The summed E-state index contributed by atoms with van der Waals surface area (Å²) >= 11 is 0. The molecule has 0 amide bonds. The molecule has 0 aromatic heterocycles. The van der Waals surface area contributed by atoms with E-state index in [1.165, 1.54) is 0 Å². The van der Waals surface area contributed by atoms with Crippen LogP contribution in [0.2, 0.25) is 0 Å². The number of hydrogen-bond donors (Lipinski definition) is 2. The maximum atomic E-state index is 9.95. The topological polar surface area (TPSA) is 49.7 Å². The summed E-state index contributed by atoms with van der Waals surface area (Å²) in [5.74, 6) is 0.685. The minimum Gasteiger partial charge on any atom is -0.484 e. The highest BCUT2D eigenvalue weighted by Gasteiger charge is 2.36. The highest BCUT2D eigenvalue weighted by molar-refractivity contribution is 5.39. The summed E-state index contributed by atoms with van der Waals surface area (Å²) in [7, 11) is 0. The number of rotatable bonds is 3. The van der Waals surface area contributed by atoms with Crippen LogP contribution < -0.4 is 4.74 Å². The monoisotopic (exact) mass is 208 g/mol. The maximum Gasteiger partial charge on any atom is 0.154 e. The summed E-state index contributed by atoms with van der Waals surface area (Å²) < 4.78 is 5.53.